The molecule has 0 aliphatic carbocycles. The number of allylic oxidation sites excluding steroid dienone is 6. The number of hydrogen-bond acceptors (Lipinski definition) is 6. The molecule has 1 aromatic carbocycles. The molecule has 0 atom stereocenters. The van der Waals surface area contributed by atoms with Crippen LogP contribution in [0.5, 0.6) is 0 Å². The first kappa shape index (κ1) is 35.4. The van der Waals surface area contributed by atoms with Gasteiger partial charge in [-0.15, -0.1) is 12.4 Å². The van der Waals surface area contributed by atoms with Gasteiger partial charge < -0.3 is 29.8 Å². The summed E-state index contributed by atoms with van der Waals surface area (Å²) < 4.78 is 0. The molecule has 9 rings (SSSR count). The van der Waals surface area contributed by atoms with Crippen LogP contribution in [0.1, 0.15) is 49.8 Å². The summed E-state index contributed by atoms with van der Waals surface area (Å²) in [4.78, 5) is 36.6. The van der Waals surface area contributed by atoms with Gasteiger partial charge in [0, 0.05) is 85.1 Å². The molecule has 5 aliphatic rings. The van der Waals surface area contributed by atoms with Gasteiger partial charge >= 0.3 is 5.97 Å². The Bertz CT molecular complexity index is 2630. The molecule has 0 unspecified atom stereocenters. The SMILES string of the molecule is CN1C=CC(c2c3nc(c(C4=CCN(C)C=C4)c4ccc([nH]4)c(-c4ccc(C(=O)O)cc4)c4nc(c(C5=CCN(C)C=C5)c5ccc2[nH]5)C=C4)C=C3)=CC1.Cl. The number of aromatic carboxylic acids is 1. The van der Waals surface area contributed by atoms with Crippen molar-refractivity contribution in [2.45, 2.75) is 0 Å². The van der Waals surface area contributed by atoms with E-state index in [0.717, 1.165) is 109 Å². The van der Waals surface area contributed by atoms with Gasteiger partial charge in [-0.2, -0.15) is 0 Å². The molecule has 8 heterocycles. The minimum atomic E-state index is -0.965. The van der Waals surface area contributed by atoms with Crippen molar-refractivity contribution in [3.63, 3.8) is 0 Å². The van der Waals surface area contributed by atoms with Crippen molar-refractivity contribution >= 4 is 81.5 Å². The molecule has 55 heavy (non-hydrogen) atoms. The number of hydrogen-bond donors (Lipinski definition) is 3. The Hall–Kier alpha value is -6.58. The molecule has 0 saturated carbocycles. The third-order valence-electron chi connectivity index (χ3n) is 10.4. The first-order valence-corrected chi connectivity index (χ1v) is 18.1. The molecular formula is C45H40ClN7O2. The second-order valence-electron chi connectivity index (χ2n) is 14.1. The third-order valence-corrected chi connectivity index (χ3v) is 10.4. The number of H-pyrrole nitrogens is 2. The Kier molecular flexibility index (Phi) is 9.24. The number of nitrogens with zero attached hydrogens (tertiary/aromatic N) is 5. The summed E-state index contributed by atoms with van der Waals surface area (Å²) >= 11 is 0. The van der Waals surface area contributed by atoms with Crippen LogP contribution in [0.2, 0.25) is 0 Å². The van der Waals surface area contributed by atoms with E-state index in [2.05, 4.69) is 149 Å². The van der Waals surface area contributed by atoms with E-state index >= 15 is 0 Å². The van der Waals surface area contributed by atoms with E-state index in [-0.39, 0.29) is 18.0 Å². The monoisotopic (exact) mass is 745 g/mol. The number of benzene rings is 1. The Morgan fingerprint density at radius 3 is 1.20 bits per heavy atom. The zero-order chi connectivity index (χ0) is 36.9. The van der Waals surface area contributed by atoms with Crippen LogP contribution in [-0.4, -0.2) is 86.5 Å². The zero-order valence-corrected chi connectivity index (χ0v) is 31.6. The minimum Gasteiger partial charge on any atom is -0.478 e. The van der Waals surface area contributed by atoms with Gasteiger partial charge in [0.2, 0.25) is 0 Å². The number of nitrogens with one attached hydrogen (secondary N) is 2. The van der Waals surface area contributed by atoms with Crippen molar-refractivity contribution in [1.82, 2.24) is 34.6 Å². The number of likely N-dealkylation sites (N-methyl/N-ethyl adjacent to an activating group) is 3. The highest BCUT2D eigenvalue weighted by molar-refractivity contribution is 6.00. The number of carboxylic acids is 1. The van der Waals surface area contributed by atoms with E-state index in [1.54, 1.807) is 12.1 Å². The smallest absolute Gasteiger partial charge is 0.335 e. The van der Waals surface area contributed by atoms with Crippen molar-refractivity contribution in [2.75, 3.05) is 40.8 Å². The fourth-order valence-corrected chi connectivity index (χ4v) is 7.49. The number of carbonyl (C=O) groups is 1. The third kappa shape index (κ3) is 6.64. The molecule has 3 aromatic heterocycles. The van der Waals surface area contributed by atoms with Crippen LogP contribution in [-0.2, 0) is 0 Å². The van der Waals surface area contributed by atoms with Gasteiger partial charge in [0.05, 0.1) is 28.3 Å². The Balaban J connectivity index is 0.00000427. The van der Waals surface area contributed by atoms with Gasteiger partial charge in [-0.05, 0) is 120 Å². The summed E-state index contributed by atoms with van der Waals surface area (Å²) in [5.74, 6) is -0.965. The van der Waals surface area contributed by atoms with Crippen LogP contribution in [0.3, 0.4) is 0 Å². The van der Waals surface area contributed by atoms with Crippen molar-refractivity contribution in [1.29, 1.82) is 0 Å². The van der Waals surface area contributed by atoms with Crippen molar-refractivity contribution < 1.29 is 9.90 Å². The standard InChI is InChI=1S/C45H39N7O2.ClH/c1-50-22-16-29(17-23-50)42-35-10-8-33(46-35)41(28-4-6-32(7-5-28)45(53)54)34-9-11-36(47-34)43(30-18-24-51(2)25-19-30)38-13-15-40(49-38)44(39-14-12-37(42)48-39)31-20-26-52(3)27-21-31;/h4-22,24,26,46,49H,23,25,27H2,1-3H3,(H,53,54);1H. The minimum absolute atomic E-state index is 0. The van der Waals surface area contributed by atoms with Crippen LogP contribution in [0.15, 0.2) is 104 Å². The highest BCUT2D eigenvalue weighted by atomic mass is 35.5. The molecule has 4 aromatic rings. The van der Waals surface area contributed by atoms with Gasteiger partial charge in [0.25, 0.3) is 0 Å². The van der Waals surface area contributed by atoms with E-state index < -0.39 is 5.97 Å². The van der Waals surface area contributed by atoms with E-state index in [4.69, 9.17) is 9.97 Å². The van der Waals surface area contributed by atoms with Crippen LogP contribution in [0.25, 0.3) is 74.2 Å². The van der Waals surface area contributed by atoms with Crippen molar-refractivity contribution in [3.05, 3.63) is 149 Å². The average Bonchev–Trinajstić information content (AvgIpc) is 4.02. The van der Waals surface area contributed by atoms with Crippen LogP contribution < -0.4 is 0 Å². The van der Waals surface area contributed by atoms with Crippen LogP contribution in [0.4, 0.5) is 0 Å². The summed E-state index contributed by atoms with van der Waals surface area (Å²) in [5.41, 5.74) is 15.3. The molecule has 10 heteroatoms. The molecule has 5 aliphatic heterocycles. The zero-order valence-electron chi connectivity index (χ0n) is 30.7. The Morgan fingerprint density at radius 2 is 0.873 bits per heavy atom. The molecular weight excluding hydrogens is 706 g/mol. The first-order valence-electron chi connectivity index (χ1n) is 18.1. The molecule has 3 N–H and O–H groups in total. The van der Waals surface area contributed by atoms with Gasteiger partial charge in [0.15, 0.2) is 0 Å². The summed E-state index contributed by atoms with van der Waals surface area (Å²) in [6.07, 6.45) is 27.8. The predicted octanol–water partition coefficient (Wildman–Crippen LogP) is 8.97. The number of rotatable bonds is 5. The molecule has 0 fully saturated rings. The number of aromatic amines is 2. The molecule has 0 saturated heterocycles. The molecule has 0 radical (unpaired) electrons. The molecule has 0 amide bonds. The van der Waals surface area contributed by atoms with Crippen molar-refractivity contribution in [3.8, 4) is 11.1 Å². The van der Waals surface area contributed by atoms with Crippen molar-refractivity contribution in [2.24, 2.45) is 0 Å². The Labute approximate surface area is 325 Å². The highest BCUT2D eigenvalue weighted by Gasteiger charge is 2.21. The van der Waals surface area contributed by atoms with E-state index in [9.17, 15) is 9.90 Å². The summed E-state index contributed by atoms with van der Waals surface area (Å²) in [5, 5.41) is 9.69. The highest BCUT2D eigenvalue weighted by Crippen LogP contribution is 2.37. The van der Waals surface area contributed by atoms with E-state index in [0.29, 0.717) is 0 Å². The van der Waals surface area contributed by atoms with Crippen LogP contribution >= 0.6 is 12.4 Å². The predicted molar refractivity (Wildman–Crippen MR) is 228 cm³/mol. The van der Waals surface area contributed by atoms with Gasteiger partial charge in [-0.3, -0.25) is 0 Å². The van der Waals surface area contributed by atoms with E-state index in [1.165, 1.54) is 0 Å². The molecule has 0 spiro atoms. The summed E-state index contributed by atoms with van der Waals surface area (Å²) in [6, 6.07) is 15.5. The summed E-state index contributed by atoms with van der Waals surface area (Å²) in [6.45, 7) is 2.35. The fraction of sp³-hybridized carbons (Fsp3) is 0.133. The number of aromatic nitrogens is 4. The van der Waals surface area contributed by atoms with Gasteiger partial charge in [0.1, 0.15) is 0 Å². The number of carboxylic acid groups (broad SMARTS) is 1. The molecule has 8 bridgehead atoms. The normalized spacial score (nSPS) is 15.9. The first-order chi connectivity index (χ1) is 26.3. The maximum atomic E-state index is 11.8. The van der Waals surface area contributed by atoms with Gasteiger partial charge in [-0.1, -0.05) is 30.4 Å². The maximum Gasteiger partial charge on any atom is 0.335 e. The lowest BCUT2D eigenvalue weighted by atomic mass is 10.0. The average molecular weight is 746 g/mol. The fourth-order valence-electron chi connectivity index (χ4n) is 7.49. The van der Waals surface area contributed by atoms with Gasteiger partial charge in [-0.25, -0.2) is 14.8 Å². The second kappa shape index (κ2) is 14.3. The second-order valence-corrected chi connectivity index (χ2v) is 14.1. The summed E-state index contributed by atoms with van der Waals surface area (Å²) in [7, 11) is 6.20. The molecule has 274 valence electrons. The molecule has 9 nitrogen and oxygen atoms in total. The lowest BCUT2D eigenvalue weighted by molar-refractivity contribution is 0.0697. The topological polar surface area (TPSA) is 104 Å². The number of halogens is 1. The quantitative estimate of drug-likeness (QED) is 0.162. The van der Waals surface area contributed by atoms with Crippen LogP contribution in [0, 0.1) is 0 Å². The number of fused-ring (bicyclic) bond motifs is 8. The lowest BCUT2D eigenvalue weighted by Crippen LogP contribution is -2.13. The lowest BCUT2D eigenvalue weighted by Gasteiger charge is -2.18. The largest absolute Gasteiger partial charge is 0.478 e. The maximum absolute atomic E-state index is 11.8. The van der Waals surface area contributed by atoms with E-state index in [1.807, 2.05) is 12.1 Å². The Morgan fingerprint density at radius 1 is 0.527 bits per heavy atom.